The van der Waals surface area contributed by atoms with E-state index in [4.69, 9.17) is 9.47 Å². The third kappa shape index (κ3) is 3.24. The standard InChI is InChI=1S/C22H18N4O4/c1-29-21(27)17-18(15-10-6-7-11-16(15)20-23-12-13-24-20)25-26(19(17)22(28)30-2)14-8-4-3-5-9-14/h3-13H,1-2H3,(H,23,24). The normalized spacial score (nSPS) is 10.6. The number of rotatable bonds is 5. The molecule has 0 saturated carbocycles. The van der Waals surface area contributed by atoms with Crippen molar-refractivity contribution in [3.63, 3.8) is 0 Å². The number of carbonyl (C=O) groups is 2. The van der Waals surface area contributed by atoms with Crippen LogP contribution in [0.3, 0.4) is 0 Å². The fourth-order valence-corrected chi connectivity index (χ4v) is 3.25. The first kappa shape index (κ1) is 19.1. The predicted octanol–water partition coefficient (Wildman–Crippen LogP) is 3.50. The number of carbonyl (C=O) groups excluding carboxylic acids is 2. The van der Waals surface area contributed by atoms with E-state index in [9.17, 15) is 9.59 Å². The van der Waals surface area contributed by atoms with Gasteiger partial charge in [0.25, 0.3) is 0 Å². The minimum absolute atomic E-state index is 0.0141. The predicted molar refractivity (Wildman–Crippen MR) is 109 cm³/mol. The smallest absolute Gasteiger partial charge is 0.357 e. The van der Waals surface area contributed by atoms with Crippen LogP contribution in [0.2, 0.25) is 0 Å². The monoisotopic (exact) mass is 402 g/mol. The third-order valence-corrected chi connectivity index (χ3v) is 4.59. The number of methoxy groups -OCH3 is 2. The molecule has 0 spiro atoms. The number of para-hydroxylation sites is 1. The molecule has 2 aromatic carbocycles. The molecule has 0 bridgehead atoms. The molecular formula is C22H18N4O4. The van der Waals surface area contributed by atoms with E-state index in [1.54, 1.807) is 24.5 Å². The maximum absolute atomic E-state index is 12.8. The Morgan fingerprint density at radius 2 is 1.57 bits per heavy atom. The number of nitrogens with one attached hydrogen (secondary N) is 1. The van der Waals surface area contributed by atoms with Crippen molar-refractivity contribution < 1.29 is 19.1 Å². The number of ether oxygens (including phenoxy) is 2. The summed E-state index contributed by atoms with van der Waals surface area (Å²) in [6.45, 7) is 0. The summed E-state index contributed by atoms with van der Waals surface area (Å²) in [5.74, 6) is -0.786. The molecule has 0 unspecified atom stereocenters. The van der Waals surface area contributed by atoms with Gasteiger partial charge in [0, 0.05) is 23.5 Å². The minimum atomic E-state index is -0.700. The fourth-order valence-electron chi connectivity index (χ4n) is 3.25. The number of nitrogens with zero attached hydrogens (tertiary/aromatic N) is 3. The van der Waals surface area contributed by atoms with Crippen molar-refractivity contribution in [2.45, 2.75) is 0 Å². The van der Waals surface area contributed by atoms with E-state index in [-0.39, 0.29) is 17.0 Å². The van der Waals surface area contributed by atoms with Crippen LogP contribution in [-0.2, 0) is 9.47 Å². The lowest BCUT2D eigenvalue weighted by Crippen LogP contribution is -2.15. The largest absolute Gasteiger partial charge is 0.465 e. The summed E-state index contributed by atoms with van der Waals surface area (Å²) >= 11 is 0. The van der Waals surface area contributed by atoms with E-state index in [2.05, 4.69) is 15.1 Å². The third-order valence-electron chi connectivity index (χ3n) is 4.59. The van der Waals surface area contributed by atoms with Crippen LogP contribution in [0.1, 0.15) is 20.8 Å². The van der Waals surface area contributed by atoms with Crippen molar-refractivity contribution in [1.29, 1.82) is 0 Å². The Labute approximate surface area is 172 Å². The molecule has 4 aromatic rings. The van der Waals surface area contributed by atoms with Gasteiger partial charge in [-0.25, -0.2) is 19.3 Å². The molecule has 0 aliphatic heterocycles. The van der Waals surface area contributed by atoms with Crippen LogP contribution in [0.25, 0.3) is 28.3 Å². The highest BCUT2D eigenvalue weighted by Crippen LogP contribution is 2.34. The minimum Gasteiger partial charge on any atom is -0.465 e. The van der Waals surface area contributed by atoms with E-state index in [0.717, 1.165) is 5.56 Å². The Hall–Kier alpha value is -4.20. The first-order valence-corrected chi connectivity index (χ1v) is 9.10. The summed E-state index contributed by atoms with van der Waals surface area (Å²) in [6.07, 6.45) is 3.34. The van der Waals surface area contributed by atoms with Gasteiger partial charge in [-0.2, -0.15) is 5.10 Å². The lowest BCUT2D eigenvalue weighted by molar-refractivity contribution is 0.0549. The maximum Gasteiger partial charge on any atom is 0.357 e. The summed E-state index contributed by atoms with van der Waals surface area (Å²) in [7, 11) is 2.51. The van der Waals surface area contributed by atoms with Crippen LogP contribution >= 0.6 is 0 Å². The van der Waals surface area contributed by atoms with E-state index < -0.39 is 11.9 Å². The summed E-state index contributed by atoms with van der Waals surface area (Å²) < 4.78 is 11.3. The molecule has 2 aromatic heterocycles. The first-order chi connectivity index (χ1) is 14.7. The van der Waals surface area contributed by atoms with Gasteiger partial charge in [0.15, 0.2) is 5.69 Å². The number of hydrogen-bond donors (Lipinski definition) is 1. The van der Waals surface area contributed by atoms with Crippen molar-refractivity contribution in [3.05, 3.63) is 78.2 Å². The van der Waals surface area contributed by atoms with Gasteiger partial charge in [-0.05, 0) is 12.1 Å². The van der Waals surface area contributed by atoms with Crippen LogP contribution < -0.4 is 0 Å². The average Bonchev–Trinajstić information content (AvgIpc) is 3.47. The summed E-state index contributed by atoms with van der Waals surface area (Å²) in [4.78, 5) is 32.9. The van der Waals surface area contributed by atoms with Gasteiger partial charge in [0.05, 0.1) is 19.9 Å². The molecule has 0 atom stereocenters. The van der Waals surface area contributed by atoms with Gasteiger partial charge in [-0.3, -0.25) is 0 Å². The van der Waals surface area contributed by atoms with Gasteiger partial charge in [0.1, 0.15) is 17.1 Å². The zero-order valence-corrected chi connectivity index (χ0v) is 16.3. The highest BCUT2D eigenvalue weighted by molar-refractivity contribution is 6.07. The molecular weight excluding hydrogens is 384 g/mol. The van der Waals surface area contributed by atoms with Crippen LogP contribution in [0.5, 0.6) is 0 Å². The lowest BCUT2D eigenvalue weighted by atomic mass is 10.00. The van der Waals surface area contributed by atoms with Gasteiger partial charge in [-0.1, -0.05) is 42.5 Å². The van der Waals surface area contributed by atoms with Gasteiger partial charge in [-0.15, -0.1) is 0 Å². The van der Waals surface area contributed by atoms with Crippen LogP contribution in [0, 0.1) is 0 Å². The number of aromatic amines is 1. The number of aromatic nitrogens is 4. The zero-order valence-electron chi connectivity index (χ0n) is 16.3. The molecule has 0 radical (unpaired) electrons. The number of esters is 2. The molecule has 0 aliphatic rings. The van der Waals surface area contributed by atoms with Crippen LogP contribution in [0.4, 0.5) is 0 Å². The molecule has 0 amide bonds. The molecule has 8 heteroatoms. The van der Waals surface area contributed by atoms with Gasteiger partial charge >= 0.3 is 11.9 Å². The Morgan fingerprint density at radius 3 is 2.20 bits per heavy atom. The Bertz CT molecular complexity index is 1200. The quantitative estimate of drug-likeness (QED) is 0.513. The Kier molecular flexibility index (Phi) is 5.13. The Balaban J connectivity index is 2.06. The molecule has 1 N–H and O–H groups in total. The summed E-state index contributed by atoms with van der Waals surface area (Å²) in [6, 6.07) is 16.4. The SMILES string of the molecule is COC(=O)c1c(-c2ccccc2-c2ncc[nH]2)nn(-c2ccccc2)c1C(=O)OC. The highest BCUT2D eigenvalue weighted by atomic mass is 16.5. The number of imidazole rings is 1. The van der Waals surface area contributed by atoms with Crippen LogP contribution in [0.15, 0.2) is 67.0 Å². The highest BCUT2D eigenvalue weighted by Gasteiger charge is 2.32. The van der Waals surface area contributed by atoms with Crippen LogP contribution in [-0.4, -0.2) is 45.9 Å². The van der Waals surface area contributed by atoms with E-state index in [1.807, 2.05) is 42.5 Å². The van der Waals surface area contributed by atoms with Gasteiger partial charge in [0.2, 0.25) is 0 Å². The van der Waals surface area contributed by atoms with E-state index in [0.29, 0.717) is 17.1 Å². The number of benzene rings is 2. The van der Waals surface area contributed by atoms with Crippen molar-refractivity contribution >= 4 is 11.9 Å². The number of hydrogen-bond acceptors (Lipinski definition) is 6. The van der Waals surface area contributed by atoms with E-state index in [1.165, 1.54) is 18.9 Å². The molecule has 0 aliphatic carbocycles. The maximum atomic E-state index is 12.8. The number of H-pyrrole nitrogens is 1. The van der Waals surface area contributed by atoms with E-state index >= 15 is 0 Å². The molecule has 2 heterocycles. The molecule has 8 nitrogen and oxygen atoms in total. The zero-order chi connectivity index (χ0) is 21.1. The fraction of sp³-hybridized carbons (Fsp3) is 0.0909. The second-order valence-corrected chi connectivity index (χ2v) is 6.29. The van der Waals surface area contributed by atoms with Gasteiger partial charge < -0.3 is 14.5 Å². The first-order valence-electron chi connectivity index (χ1n) is 9.10. The topological polar surface area (TPSA) is 99.1 Å². The summed E-state index contributed by atoms with van der Waals surface area (Å²) in [5.41, 5.74) is 2.24. The molecule has 0 saturated heterocycles. The van der Waals surface area contributed by atoms with Crippen molar-refractivity contribution in [1.82, 2.24) is 19.7 Å². The average molecular weight is 402 g/mol. The lowest BCUT2D eigenvalue weighted by Gasteiger charge is -2.07. The van der Waals surface area contributed by atoms with Crippen molar-refractivity contribution in [3.8, 4) is 28.3 Å². The molecule has 150 valence electrons. The van der Waals surface area contributed by atoms with Crippen molar-refractivity contribution in [2.75, 3.05) is 14.2 Å². The molecule has 30 heavy (non-hydrogen) atoms. The second kappa shape index (κ2) is 8.04. The summed E-state index contributed by atoms with van der Waals surface area (Å²) in [5, 5.41) is 4.63. The van der Waals surface area contributed by atoms with Crippen molar-refractivity contribution in [2.24, 2.45) is 0 Å². The Morgan fingerprint density at radius 1 is 0.900 bits per heavy atom. The second-order valence-electron chi connectivity index (χ2n) is 6.29. The molecule has 0 fully saturated rings. The molecule has 4 rings (SSSR count).